The van der Waals surface area contributed by atoms with Gasteiger partial charge in [0, 0.05) is 37.8 Å². The van der Waals surface area contributed by atoms with Crippen LogP contribution in [0.15, 0.2) is 29.3 Å². The van der Waals surface area contributed by atoms with E-state index in [0.29, 0.717) is 19.1 Å². The highest BCUT2D eigenvalue weighted by atomic mass is 127. The molecule has 2 rings (SSSR count). The van der Waals surface area contributed by atoms with Gasteiger partial charge in [-0.2, -0.15) is 0 Å². The summed E-state index contributed by atoms with van der Waals surface area (Å²) < 4.78 is 11.2. The van der Waals surface area contributed by atoms with E-state index in [-0.39, 0.29) is 47.4 Å². The largest absolute Gasteiger partial charge is 0.494 e. The van der Waals surface area contributed by atoms with E-state index in [2.05, 4.69) is 33.1 Å². The lowest BCUT2D eigenvalue weighted by atomic mass is 9.74. The Morgan fingerprint density at radius 1 is 1.17 bits per heavy atom. The Morgan fingerprint density at radius 3 is 2.33 bits per heavy atom. The third-order valence-electron chi connectivity index (χ3n) is 4.98. The van der Waals surface area contributed by atoms with E-state index in [1.54, 1.807) is 7.05 Å². The summed E-state index contributed by atoms with van der Waals surface area (Å²) in [6.07, 6.45) is 1.85. The van der Waals surface area contributed by atoms with Crippen LogP contribution in [-0.4, -0.2) is 57.4 Å². The molecule has 1 fully saturated rings. The molecule has 1 aliphatic rings. The molecular weight excluding hydrogens is 495 g/mol. The number of guanidine groups is 1. The first-order valence-electron chi connectivity index (χ1n) is 10.3. The van der Waals surface area contributed by atoms with E-state index in [1.165, 1.54) is 5.56 Å². The van der Waals surface area contributed by atoms with Crippen molar-refractivity contribution in [2.45, 2.75) is 51.5 Å². The fourth-order valence-electron chi connectivity index (χ4n) is 3.50. The lowest BCUT2D eigenvalue weighted by molar-refractivity contribution is -0.121. The van der Waals surface area contributed by atoms with Gasteiger partial charge in [-0.05, 0) is 58.2 Å². The molecule has 0 spiro atoms. The quantitative estimate of drug-likeness (QED) is 0.286. The van der Waals surface area contributed by atoms with E-state index in [4.69, 9.17) is 9.47 Å². The van der Waals surface area contributed by atoms with Gasteiger partial charge in [0.05, 0.1) is 13.2 Å². The third-order valence-corrected chi connectivity index (χ3v) is 4.98. The fourth-order valence-corrected chi connectivity index (χ4v) is 3.50. The fraction of sp³-hybridized carbons (Fsp3) is 0.636. The number of amides is 1. The van der Waals surface area contributed by atoms with Gasteiger partial charge >= 0.3 is 0 Å². The molecule has 0 bridgehead atoms. The lowest BCUT2D eigenvalue weighted by Gasteiger charge is -2.38. The van der Waals surface area contributed by atoms with Crippen LogP contribution >= 0.6 is 24.0 Å². The zero-order valence-electron chi connectivity index (χ0n) is 18.8. The molecule has 1 aliphatic heterocycles. The number of carbonyl (C=O) groups excluding carboxylic acids is 1. The topological polar surface area (TPSA) is 84.0 Å². The molecule has 7 nitrogen and oxygen atoms in total. The number of carbonyl (C=O) groups is 1. The third kappa shape index (κ3) is 8.29. The highest BCUT2D eigenvalue weighted by Crippen LogP contribution is 2.35. The lowest BCUT2D eigenvalue weighted by Crippen LogP contribution is -2.51. The van der Waals surface area contributed by atoms with Gasteiger partial charge in [0.1, 0.15) is 5.75 Å². The first-order chi connectivity index (χ1) is 13.8. The molecule has 1 amide bonds. The SMILES string of the molecule is CCOc1ccc(C2(CNC(=NC)NCC(=O)NC(C)(C)C)CCOCC2)cc1.I. The first kappa shape index (κ1) is 26.5. The molecule has 170 valence electrons. The van der Waals surface area contributed by atoms with Crippen molar-refractivity contribution < 1.29 is 14.3 Å². The van der Waals surface area contributed by atoms with Crippen molar-refractivity contribution in [3.8, 4) is 5.75 Å². The standard InChI is InChI=1S/C22H36N4O3.HI/c1-6-29-18-9-7-17(8-10-18)22(11-13-28-14-12-22)16-25-20(23-5)24-15-19(27)26-21(2,3)4;/h7-10H,6,11-16H2,1-5H3,(H,26,27)(H2,23,24,25);1H. The van der Waals surface area contributed by atoms with Gasteiger partial charge < -0.3 is 25.4 Å². The maximum atomic E-state index is 12.1. The summed E-state index contributed by atoms with van der Waals surface area (Å²) in [7, 11) is 1.71. The molecule has 8 heteroatoms. The number of hydrogen-bond acceptors (Lipinski definition) is 4. The molecule has 0 aliphatic carbocycles. The van der Waals surface area contributed by atoms with Gasteiger partial charge in [-0.3, -0.25) is 9.79 Å². The number of hydrogen-bond donors (Lipinski definition) is 3. The van der Waals surface area contributed by atoms with Gasteiger partial charge in [0.2, 0.25) is 5.91 Å². The highest BCUT2D eigenvalue weighted by Gasteiger charge is 2.34. The van der Waals surface area contributed by atoms with Gasteiger partial charge in [0.25, 0.3) is 0 Å². The van der Waals surface area contributed by atoms with Crippen LogP contribution in [0.1, 0.15) is 46.1 Å². The Kier molecular flexibility index (Phi) is 10.9. The van der Waals surface area contributed by atoms with Crippen LogP contribution in [-0.2, 0) is 14.9 Å². The zero-order chi connectivity index (χ0) is 21.3. The molecular formula is C22H37IN4O3. The van der Waals surface area contributed by atoms with Gasteiger partial charge in [-0.15, -0.1) is 24.0 Å². The predicted octanol–water partition coefficient (Wildman–Crippen LogP) is 2.83. The summed E-state index contributed by atoms with van der Waals surface area (Å²) in [5, 5.41) is 9.45. The first-order valence-corrected chi connectivity index (χ1v) is 10.3. The van der Waals surface area contributed by atoms with Crippen molar-refractivity contribution >= 4 is 35.8 Å². The number of ether oxygens (including phenoxy) is 2. The van der Waals surface area contributed by atoms with Crippen LogP contribution in [0.3, 0.4) is 0 Å². The number of aliphatic imine (C=N–C) groups is 1. The minimum atomic E-state index is -0.254. The maximum absolute atomic E-state index is 12.1. The number of rotatable bonds is 7. The summed E-state index contributed by atoms with van der Waals surface area (Å²) in [6.45, 7) is 10.9. The monoisotopic (exact) mass is 532 g/mol. The molecule has 0 radical (unpaired) electrons. The molecule has 1 heterocycles. The molecule has 1 aromatic carbocycles. The minimum absolute atomic E-state index is 0. The van der Waals surface area contributed by atoms with E-state index in [0.717, 1.165) is 31.8 Å². The molecule has 0 saturated carbocycles. The van der Waals surface area contributed by atoms with Crippen LogP contribution < -0.4 is 20.7 Å². The van der Waals surface area contributed by atoms with Gasteiger partial charge in [-0.25, -0.2) is 0 Å². The molecule has 30 heavy (non-hydrogen) atoms. The van der Waals surface area contributed by atoms with Crippen LogP contribution in [0.25, 0.3) is 0 Å². The number of nitrogens with zero attached hydrogens (tertiary/aromatic N) is 1. The Labute approximate surface area is 197 Å². The second-order valence-corrected chi connectivity index (χ2v) is 8.43. The van der Waals surface area contributed by atoms with E-state index >= 15 is 0 Å². The summed E-state index contributed by atoms with van der Waals surface area (Å²) in [4.78, 5) is 16.3. The summed E-state index contributed by atoms with van der Waals surface area (Å²) in [5.41, 5.74) is 0.960. The minimum Gasteiger partial charge on any atom is -0.494 e. The Balaban J connectivity index is 0.00000450. The zero-order valence-corrected chi connectivity index (χ0v) is 21.2. The molecule has 3 N–H and O–H groups in total. The average Bonchev–Trinajstić information content (AvgIpc) is 2.68. The second-order valence-electron chi connectivity index (χ2n) is 8.43. The van der Waals surface area contributed by atoms with E-state index in [9.17, 15) is 4.79 Å². The van der Waals surface area contributed by atoms with E-state index < -0.39 is 0 Å². The van der Waals surface area contributed by atoms with Crippen molar-refractivity contribution in [3.63, 3.8) is 0 Å². The van der Waals surface area contributed by atoms with Crippen LogP contribution in [0.2, 0.25) is 0 Å². The Hall–Kier alpha value is -1.55. The number of nitrogens with one attached hydrogen (secondary N) is 3. The van der Waals surface area contributed by atoms with Gasteiger partial charge in [-0.1, -0.05) is 12.1 Å². The smallest absolute Gasteiger partial charge is 0.239 e. The average molecular weight is 532 g/mol. The van der Waals surface area contributed by atoms with Crippen molar-refractivity contribution in [1.82, 2.24) is 16.0 Å². The van der Waals surface area contributed by atoms with Crippen LogP contribution in [0, 0.1) is 0 Å². The summed E-state index contributed by atoms with van der Waals surface area (Å²) in [6, 6.07) is 8.34. The molecule has 0 unspecified atom stereocenters. The van der Waals surface area contributed by atoms with Crippen LogP contribution in [0.4, 0.5) is 0 Å². The predicted molar refractivity (Wildman–Crippen MR) is 132 cm³/mol. The summed E-state index contributed by atoms with van der Waals surface area (Å²) in [5.74, 6) is 1.44. The van der Waals surface area contributed by atoms with Gasteiger partial charge in [0.15, 0.2) is 5.96 Å². The van der Waals surface area contributed by atoms with Crippen molar-refractivity contribution in [2.24, 2.45) is 4.99 Å². The maximum Gasteiger partial charge on any atom is 0.239 e. The van der Waals surface area contributed by atoms with Crippen molar-refractivity contribution in [1.29, 1.82) is 0 Å². The molecule has 1 aromatic rings. The molecule has 0 atom stereocenters. The highest BCUT2D eigenvalue weighted by molar-refractivity contribution is 14.0. The normalized spacial score (nSPS) is 16.2. The summed E-state index contributed by atoms with van der Waals surface area (Å²) >= 11 is 0. The Morgan fingerprint density at radius 2 is 1.80 bits per heavy atom. The number of halogens is 1. The molecule has 0 aromatic heterocycles. The van der Waals surface area contributed by atoms with Crippen LogP contribution in [0.5, 0.6) is 5.75 Å². The van der Waals surface area contributed by atoms with Crippen molar-refractivity contribution in [2.75, 3.05) is 40.0 Å². The number of benzene rings is 1. The Bertz CT molecular complexity index is 681. The van der Waals surface area contributed by atoms with Crippen molar-refractivity contribution in [3.05, 3.63) is 29.8 Å². The van der Waals surface area contributed by atoms with E-state index in [1.807, 2.05) is 39.8 Å². The second kappa shape index (κ2) is 12.3. The molecule has 1 saturated heterocycles.